The lowest BCUT2D eigenvalue weighted by Gasteiger charge is -2.25. The first kappa shape index (κ1) is 26.9. The molecule has 2 aromatic carbocycles. The predicted molar refractivity (Wildman–Crippen MR) is 147 cm³/mol. The first-order chi connectivity index (χ1) is 18.6. The quantitative estimate of drug-likeness (QED) is 0.356. The second-order valence-electron chi connectivity index (χ2n) is 11.1. The van der Waals surface area contributed by atoms with Crippen LogP contribution < -0.4 is 9.47 Å². The van der Waals surface area contributed by atoms with E-state index in [2.05, 4.69) is 32.7 Å². The highest BCUT2D eigenvalue weighted by molar-refractivity contribution is 5.87. The molecule has 5 rings (SSSR count). The first-order valence-corrected chi connectivity index (χ1v) is 13.4. The molecule has 2 aliphatic rings. The number of pyridine rings is 1. The highest BCUT2D eigenvalue weighted by Gasteiger charge is 2.38. The van der Waals surface area contributed by atoms with Crippen molar-refractivity contribution in [3.8, 4) is 22.6 Å². The summed E-state index contributed by atoms with van der Waals surface area (Å²) in [4.78, 5) is 16.4. The van der Waals surface area contributed by atoms with Gasteiger partial charge in [-0.1, -0.05) is 38.1 Å². The van der Waals surface area contributed by atoms with Gasteiger partial charge in [-0.05, 0) is 66.8 Å². The monoisotopic (exact) mass is 531 g/mol. The largest absolute Gasteiger partial charge is 0.483 e. The maximum Gasteiger partial charge on any atom is 0.309 e. The second kappa shape index (κ2) is 10.8. The zero-order valence-corrected chi connectivity index (χ0v) is 22.7. The van der Waals surface area contributed by atoms with Crippen LogP contribution in [0.15, 0.2) is 54.7 Å². The standard InChI is InChI=1S/C32H34FNO5/c1-19(2)28-25(13-12-24-15-23(35)16-27(36)38-24)29(20-8-10-21(33)11-9-20)31(30-26(28)17-32(3,4)39-30)37-18-22-7-5-6-14-34-22/h5-14,19,23-24,35H,15-18H2,1-4H3/b13-12+/t23-,24-/m1/s1. The van der Waals surface area contributed by atoms with Crippen LogP contribution in [0.1, 0.15) is 68.8 Å². The molecule has 0 amide bonds. The third-order valence-electron chi connectivity index (χ3n) is 7.04. The summed E-state index contributed by atoms with van der Waals surface area (Å²) < 4.78 is 32.5. The Bertz CT molecular complexity index is 1380. The molecule has 2 atom stereocenters. The maximum absolute atomic E-state index is 14.0. The molecule has 0 radical (unpaired) electrons. The van der Waals surface area contributed by atoms with E-state index in [9.17, 15) is 14.3 Å². The molecular formula is C32H34FNO5. The van der Waals surface area contributed by atoms with Crippen LogP contribution in [0.3, 0.4) is 0 Å². The van der Waals surface area contributed by atoms with E-state index in [0.29, 0.717) is 24.3 Å². The number of nitrogens with zero attached hydrogens (tertiary/aromatic N) is 1. The van der Waals surface area contributed by atoms with Gasteiger partial charge in [0.2, 0.25) is 0 Å². The maximum atomic E-state index is 14.0. The van der Waals surface area contributed by atoms with Crippen molar-refractivity contribution in [2.45, 2.75) is 77.3 Å². The average molecular weight is 532 g/mol. The Labute approximate surface area is 228 Å². The van der Waals surface area contributed by atoms with Gasteiger partial charge in [0.25, 0.3) is 0 Å². The smallest absolute Gasteiger partial charge is 0.309 e. The predicted octanol–water partition coefficient (Wildman–Crippen LogP) is 6.38. The Morgan fingerprint density at radius 1 is 1.21 bits per heavy atom. The number of hydrogen-bond acceptors (Lipinski definition) is 6. The van der Waals surface area contributed by atoms with E-state index in [1.807, 2.05) is 30.4 Å². The van der Waals surface area contributed by atoms with Crippen LogP contribution in [0.5, 0.6) is 11.5 Å². The molecule has 0 aliphatic carbocycles. The van der Waals surface area contributed by atoms with Crippen LogP contribution in [-0.2, 0) is 22.6 Å². The molecular weight excluding hydrogens is 497 g/mol. The highest BCUT2D eigenvalue weighted by Crippen LogP contribution is 2.53. The lowest BCUT2D eigenvalue weighted by atomic mass is 9.83. The van der Waals surface area contributed by atoms with Crippen LogP contribution in [0.2, 0.25) is 0 Å². The highest BCUT2D eigenvalue weighted by atomic mass is 19.1. The van der Waals surface area contributed by atoms with E-state index >= 15 is 0 Å². The third-order valence-corrected chi connectivity index (χ3v) is 7.04. The van der Waals surface area contributed by atoms with Crippen molar-refractivity contribution in [1.82, 2.24) is 4.98 Å². The molecule has 7 heteroatoms. The van der Waals surface area contributed by atoms with Gasteiger partial charge < -0.3 is 19.3 Å². The number of carbonyl (C=O) groups excluding carboxylic acids is 1. The van der Waals surface area contributed by atoms with Crippen molar-refractivity contribution in [1.29, 1.82) is 0 Å². The van der Waals surface area contributed by atoms with E-state index in [0.717, 1.165) is 33.5 Å². The Morgan fingerprint density at radius 3 is 2.64 bits per heavy atom. The van der Waals surface area contributed by atoms with Gasteiger partial charge >= 0.3 is 5.97 Å². The van der Waals surface area contributed by atoms with E-state index in [1.54, 1.807) is 18.3 Å². The van der Waals surface area contributed by atoms with Crippen LogP contribution in [0.4, 0.5) is 4.39 Å². The van der Waals surface area contributed by atoms with E-state index < -0.39 is 23.8 Å². The summed E-state index contributed by atoms with van der Waals surface area (Å²) in [6.07, 6.45) is 5.22. The molecule has 0 spiro atoms. The Balaban J connectivity index is 1.72. The molecule has 3 heterocycles. The third kappa shape index (κ3) is 5.83. The molecule has 0 bridgehead atoms. The lowest BCUT2D eigenvalue weighted by molar-refractivity contribution is -0.156. The molecule has 1 saturated heterocycles. The number of aliphatic hydroxyl groups excluding tert-OH is 1. The van der Waals surface area contributed by atoms with Gasteiger partial charge in [-0.3, -0.25) is 9.78 Å². The van der Waals surface area contributed by atoms with Gasteiger partial charge in [0.15, 0.2) is 11.5 Å². The molecule has 39 heavy (non-hydrogen) atoms. The van der Waals surface area contributed by atoms with Gasteiger partial charge in [-0.15, -0.1) is 0 Å². The molecule has 1 aromatic heterocycles. The molecule has 1 fully saturated rings. The number of rotatable bonds is 7. The van der Waals surface area contributed by atoms with Gasteiger partial charge in [0.1, 0.15) is 24.1 Å². The first-order valence-electron chi connectivity index (χ1n) is 13.4. The van der Waals surface area contributed by atoms with Crippen LogP contribution in [-0.4, -0.2) is 33.9 Å². The lowest BCUT2D eigenvalue weighted by Crippen LogP contribution is -2.31. The Morgan fingerprint density at radius 2 is 1.97 bits per heavy atom. The fraction of sp³-hybridized carbons (Fsp3) is 0.375. The zero-order chi connectivity index (χ0) is 27.7. The fourth-order valence-electron chi connectivity index (χ4n) is 5.45. The molecule has 0 unspecified atom stereocenters. The van der Waals surface area contributed by atoms with Gasteiger partial charge in [0, 0.05) is 30.2 Å². The topological polar surface area (TPSA) is 77.9 Å². The number of halogens is 1. The number of cyclic esters (lactones) is 1. The number of aliphatic hydroxyl groups is 1. The van der Waals surface area contributed by atoms with Crippen LogP contribution in [0.25, 0.3) is 17.2 Å². The summed E-state index contributed by atoms with van der Waals surface area (Å²) in [5.74, 6) is 0.625. The summed E-state index contributed by atoms with van der Waals surface area (Å²) in [6, 6.07) is 12.0. The molecule has 2 aliphatic heterocycles. The van der Waals surface area contributed by atoms with Gasteiger partial charge in [0.05, 0.1) is 18.2 Å². The SMILES string of the molecule is CC(C)c1c(/C=C/[C@@H]2C[C@@H](O)CC(=O)O2)c(-c2ccc(F)cc2)c(OCc2ccccn2)c2c1CC(C)(C)O2. The van der Waals surface area contributed by atoms with Crippen LogP contribution in [0, 0.1) is 5.82 Å². The Hall–Kier alpha value is -3.71. The normalized spacial score (nSPS) is 20.1. The number of carbonyl (C=O) groups is 1. The van der Waals surface area contributed by atoms with Crippen molar-refractivity contribution in [2.24, 2.45) is 0 Å². The van der Waals surface area contributed by atoms with Crippen molar-refractivity contribution >= 4 is 12.0 Å². The minimum absolute atomic E-state index is 0.000804. The minimum Gasteiger partial charge on any atom is -0.483 e. The number of benzene rings is 2. The van der Waals surface area contributed by atoms with Crippen molar-refractivity contribution in [3.05, 3.63) is 82.9 Å². The number of aromatic nitrogens is 1. The van der Waals surface area contributed by atoms with Gasteiger partial charge in [-0.25, -0.2) is 4.39 Å². The minimum atomic E-state index is -0.742. The van der Waals surface area contributed by atoms with E-state index in [-0.39, 0.29) is 24.8 Å². The Kier molecular flexibility index (Phi) is 7.45. The second-order valence-corrected chi connectivity index (χ2v) is 11.1. The number of esters is 1. The summed E-state index contributed by atoms with van der Waals surface area (Å²) in [7, 11) is 0. The summed E-state index contributed by atoms with van der Waals surface area (Å²) in [5, 5.41) is 10.1. The zero-order valence-electron chi connectivity index (χ0n) is 22.7. The van der Waals surface area contributed by atoms with Crippen molar-refractivity contribution in [3.63, 3.8) is 0 Å². The van der Waals surface area contributed by atoms with Crippen LogP contribution >= 0.6 is 0 Å². The number of fused-ring (bicyclic) bond motifs is 1. The molecule has 0 saturated carbocycles. The summed E-state index contributed by atoms with van der Waals surface area (Å²) in [6.45, 7) is 8.59. The van der Waals surface area contributed by atoms with Crippen molar-refractivity contribution < 1.29 is 28.5 Å². The fourth-order valence-corrected chi connectivity index (χ4v) is 5.45. The van der Waals surface area contributed by atoms with Gasteiger partial charge in [-0.2, -0.15) is 0 Å². The molecule has 204 valence electrons. The molecule has 6 nitrogen and oxygen atoms in total. The molecule has 3 aromatic rings. The van der Waals surface area contributed by atoms with E-state index in [1.165, 1.54) is 12.1 Å². The average Bonchev–Trinajstić information content (AvgIpc) is 3.20. The molecule has 1 N–H and O–H groups in total. The summed E-state index contributed by atoms with van der Waals surface area (Å²) >= 11 is 0. The number of ether oxygens (including phenoxy) is 3. The van der Waals surface area contributed by atoms with Crippen molar-refractivity contribution in [2.75, 3.05) is 0 Å². The van der Waals surface area contributed by atoms with E-state index in [4.69, 9.17) is 14.2 Å². The summed E-state index contributed by atoms with van der Waals surface area (Å²) in [5.41, 5.74) is 4.91. The number of hydrogen-bond donors (Lipinski definition) is 1.